The number of hydrogen-bond donors (Lipinski definition) is 0. The Morgan fingerprint density at radius 2 is 1.41 bits per heavy atom. The number of ether oxygens (including phenoxy) is 2. The smallest absolute Gasteiger partial charge is 0.404 e. The van der Waals surface area contributed by atoms with E-state index in [0.29, 0.717) is 0 Å². The van der Waals surface area contributed by atoms with Gasteiger partial charge in [0.2, 0.25) is 6.17 Å². The molecule has 11 heteroatoms. The lowest BCUT2D eigenvalue weighted by atomic mass is 9.95. The minimum Gasteiger partial charge on any atom is -0.404 e. The molecule has 1 aliphatic rings. The van der Waals surface area contributed by atoms with E-state index in [2.05, 4.69) is 9.47 Å². The average molecular weight is 274 g/mol. The van der Waals surface area contributed by atoms with Crippen LogP contribution in [0.25, 0.3) is 0 Å². The van der Waals surface area contributed by atoms with Crippen LogP contribution < -0.4 is 0 Å². The number of carbonyl (C=O) groups is 1. The van der Waals surface area contributed by atoms with E-state index >= 15 is 0 Å². The Kier molecular flexibility index (Phi) is 2.92. The van der Waals surface area contributed by atoms with Crippen molar-refractivity contribution in [3.05, 3.63) is 0 Å². The van der Waals surface area contributed by atoms with Crippen molar-refractivity contribution in [2.24, 2.45) is 0 Å². The molecule has 1 fully saturated rings. The van der Waals surface area contributed by atoms with Crippen LogP contribution in [0.4, 0.5) is 39.9 Å². The summed E-state index contributed by atoms with van der Waals surface area (Å²) in [5.74, 6) is 0. The Hall–Kier alpha value is -1.29. The van der Waals surface area contributed by atoms with Gasteiger partial charge in [-0.2, -0.15) is 30.7 Å². The first-order valence-electron chi connectivity index (χ1n) is 3.74. The molecule has 1 rings (SSSR count). The quantitative estimate of drug-likeness (QED) is 0.503. The average Bonchev–Trinajstić information content (AvgIpc) is 2.06. The van der Waals surface area contributed by atoms with Gasteiger partial charge in [0.1, 0.15) is 0 Å². The second kappa shape index (κ2) is 3.60. The number of rotatable bonds is 0. The predicted octanol–water partition coefficient (Wildman–Crippen LogP) is 2.65. The molecule has 0 aromatic heterocycles. The number of carbonyl (C=O) groups excluding carboxylic acids is 1. The van der Waals surface area contributed by atoms with Crippen molar-refractivity contribution in [3.8, 4) is 0 Å². The van der Waals surface area contributed by atoms with Crippen LogP contribution in [0.5, 0.6) is 0 Å². The van der Waals surface area contributed by atoms with Crippen LogP contribution in [-0.4, -0.2) is 36.6 Å². The molecule has 0 aromatic carbocycles. The van der Waals surface area contributed by atoms with Gasteiger partial charge in [0.25, 0.3) is 6.36 Å². The third-order valence-electron chi connectivity index (χ3n) is 1.91. The maximum atomic E-state index is 12.8. The van der Waals surface area contributed by atoms with Gasteiger partial charge in [0.15, 0.2) is 0 Å². The first-order valence-corrected chi connectivity index (χ1v) is 3.74. The normalized spacial score (nSPS) is 29.5. The van der Waals surface area contributed by atoms with E-state index in [4.69, 9.17) is 0 Å². The van der Waals surface area contributed by atoms with Crippen LogP contribution in [0.1, 0.15) is 0 Å². The Bertz CT molecular complexity index is 306. The molecule has 2 atom stereocenters. The molecular formula is C6H2F8O3. The Morgan fingerprint density at radius 1 is 1.00 bits per heavy atom. The summed E-state index contributed by atoms with van der Waals surface area (Å²) in [6, 6.07) is 0. The van der Waals surface area contributed by atoms with Crippen molar-refractivity contribution in [2.75, 3.05) is 0 Å². The minimum atomic E-state index is -6.38. The topological polar surface area (TPSA) is 35.5 Å². The lowest BCUT2D eigenvalue weighted by molar-refractivity contribution is -0.408. The van der Waals surface area contributed by atoms with Crippen molar-refractivity contribution >= 4 is 6.16 Å². The second-order valence-electron chi connectivity index (χ2n) is 2.95. The van der Waals surface area contributed by atoms with Crippen molar-refractivity contribution in [1.29, 1.82) is 0 Å². The second-order valence-corrected chi connectivity index (χ2v) is 2.95. The van der Waals surface area contributed by atoms with Crippen molar-refractivity contribution in [1.82, 2.24) is 0 Å². The third kappa shape index (κ3) is 1.86. The monoisotopic (exact) mass is 274 g/mol. The van der Waals surface area contributed by atoms with Gasteiger partial charge < -0.3 is 9.47 Å². The molecule has 17 heavy (non-hydrogen) atoms. The molecule has 0 saturated carbocycles. The highest BCUT2D eigenvalue weighted by Crippen LogP contribution is 2.52. The van der Waals surface area contributed by atoms with Crippen LogP contribution in [-0.2, 0) is 9.47 Å². The van der Waals surface area contributed by atoms with Gasteiger partial charge in [0.05, 0.1) is 0 Å². The molecule has 0 bridgehead atoms. The highest BCUT2D eigenvalue weighted by atomic mass is 19.4. The molecule has 3 nitrogen and oxygen atoms in total. The van der Waals surface area contributed by atoms with Crippen LogP contribution >= 0.6 is 0 Å². The highest BCUT2D eigenvalue weighted by Gasteiger charge is 2.82. The number of hydrogen-bond acceptors (Lipinski definition) is 3. The molecule has 0 amide bonds. The Labute approximate surface area is 87.3 Å². The van der Waals surface area contributed by atoms with E-state index in [1.54, 1.807) is 0 Å². The number of cyclic esters (lactones) is 2. The molecule has 1 heterocycles. The maximum absolute atomic E-state index is 12.8. The zero-order valence-electron chi connectivity index (χ0n) is 7.40. The molecular weight excluding hydrogens is 272 g/mol. The largest absolute Gasteiger partial charge is 0.512 e. The molecule has 0 N–H and O–H groups in total. The molecule has 100 valence electrons. The van der Waals surface area contributed by atoms with E-state index in [9.17, 15) is 39.9 Å². The lowest BCUT2D eigenvalue weighted by Gasteiger charge is -2.41. The van der Waals surface area contributed by atoms with Gasteiger partial charge in [-0.15, -0.1) is 0 Å². The summed E-state index contributed by atoms with van der Waals surface area (Å²) in [7, 11) is 0. The molecule has 1 aliphatic heterocycles. The summed E-state index contributed by atoms with van der Waals surface area (Å²) in [5.41, 5.74) is -5.56. The Balaban J connectivity index is 3.36. The molecule has 2 unspecified atom stereocenters. The maximum Gasteiger partial charge on any atom is 0.512 e. The van der Waals surface area contributed by atoms with E-state index in [-0.39, 0.29) is 0 Å². The standard InChI is InChI=1S/C6H2F8O3/c7-1-2(8)16-3(15)17-4(1,5(9,10)11)6(12,13)14/h1-2H. The zero-order valence-corrected chi connectivity index (χ0v) is 7.40. The number of halogens is 8. The van der Waals surface area contributed by atoms with Gasteiger partial charge in [-0.25, -0.2) is 9.18 Å². The molecule has 0 aromatic rings. The van der Waals surface area contributed by atoms with Crippen LogP contribution in [0.3, 0.4) is 0 Å². The van der Waals surface area contributed by atoms with Crippen LogP contribution in [0.15, 0.2) is 0 Å². The lowest BCUT2D eigenvalue weighted by Crippen LogP contribution is -2.70. The fraction of sp³-hybridized carbons (Fsp3) is 0.833. The summed E-state index contributed by atoms with van der Waals surface area (Å²) in [6.45, 7) is 0. The summed E-state index contributed by atoms with van der Waals surface area (Å²) >= 11 is 0. The molecule has 0 spiro atoms. The van der Waals surface area contributed by atoms with Gasteiger partial charge in [-0.05, 0) is 0 Å². The van der Waals surface area contributed by atoms with E-state index in [1.165, 1.54) is 0 Å². The minimum absolute atomic E-state index is 2.60. The summed E-state index contributed by atoms with van der Waals surface area (Å²) in [4.78, 5) is 10.3. The fourth-order valence-electron chi connectivity index (χ4n) is 1.14. The molecule has 0 radical (unpaired) electrons. The molecule has 0 aliphatic carbocycles. The Morgan fingerprint density at radius 3 is 1.76 bits per heavy atom. The number of alkyl halides is 8. The van der Waals surface area contributed by atoms with Crippen molar-refractivity contribution < 1.29 is 49.4 Å². The van der Waals surface area contributed by atoms with Gasteiger partial charge in [0, 0.05) is 0 Å². The van der Waals surface area contributed by atoms with E-state index in [0.717, 1.165) is 0 Å². The van der Waals surface area contributed by atoms with Crippen LogP contribution in [0, 0.1) is 0 Å². The SMILES string of the molecule is O=C1OC(F)C(F)C(C(F)(F)F)(C(F)(F)F)O1. The zero-order chi connectivity index (χ0) is 13.6. The van der Waals surface area contributed by atoms with E-state index in [1.807, 2.05) is 0 Å². The van der Waals surface area contributed by atoms with Crippen molar-refractivity contribution in [2.45, 2.75) is 30.5 Å². The van der Waals surface area contributed by atoms with Crippen molar-refractivity contribution in [3.63, 3.8) is 0 Å². The first-order chi connectivity index (χ1) is 7.43. The van der Waals surface area contributed by atoms with Crippen LogP contribution in [0.2, 0.25) is 0 Å². The highest BCUT2D eigenvalue weighted by molar-refractivity contribution is 5.62. The summed E-state index contributed by atoms with van der Waals surface area (Å²) in [5, 5.41) is 0. The first kappa shape index (κ1) is 13.8. The third-order valence-corrected chi connectivity index (χ3v) is 1.91. The molecule has 1 saturated heterocycles. The van der Waals surface area contributed by atoms with Gasteiger partial charge in [-0.3, -0.25) is 0 Å². The summed E-state index contributed by atoms with van der Waals surface area (Å²) < 4.78 is 105. The van der Waals surface area contributed by atoms with Gasteiger partial charge >= 0.3 is 24.1 Å². The van der Waals surface area contributed by atoms with Gasteiger partial charge in [-0.1, -0.05) is 0 Å². The summed E-state index contributed by atoms with van der Waals surface area (Å²) in [6.07, 6.45) is -23.3. The predicted molar refractivity (Wildman–Crippen MR) is 32.2 cm³/mol. The van der Waals surface area contributed by atoms with E-state index < -0.39 is 36.6 Å². The fourth-order valence-corrected chi connectivity index (χ4v) is 1.14.